The number of hydrogen-bond donors (Lipinski definition) is 3. The van der Waals surface area contributed by atoms with E-state index in [2.05, 4.69) is 107 Å². The molecule has 38 heavy (non-hydrogen) atoms. The van der Waals surface area contributed by atoms with Gasteiger partial charge in [0.25, 0.3) is 5.56 Å². The molecule has 1 aromatic heterocycles. The Morgan fingerprint density at radius 2 is 1.26 bits per heavy atom. The second-order valence-corrected chi connectivity index (χ2v) is 32.0. The topological polar surface area (TPSA) is 114 Å². The summed E-state index contributed by atoms with van der Waals surface area (Å²) in [5, 5.41) is 22.8. The van der Waals surface area contributed by atoms with Crippen LogP contribution >= 0.6 is 0 Å². The molecular weight excluding hydrogens is 533 g/mol. The molecule has 1 aliphatic rings. The highest BCUT2D eigenvalue weighted by molar-refractivity contribution is 7.03. The fourth-order valence-electron chi connectivity index (χ4n) is 5.33. The highest BCUT2D eigenvalue weighted by atomic mass is 28.4. The molecule has 220 valence electrons. The zero-order chi connectivity index (χ0) is 30.1. The minimum Gasteiger partial charge on any atom is -0.414 e. The van der Waals surface area contributed by atoms with Crippen LogP contribution in [0, 0.1) is 0 Å². The van der Waals surface area contributed by atoms with Crippen LogP contribution in [0.4, 0.5) is 0 Å². The number of nitrogens with one attached hydrogen (secondary N) is 1. The van der Waals surface area contributed by atoms with E-state index < -0.39 is 65.1 Å². The van der Waals surface area contributed by atoms with Gasteiger partial charge in [0.15, 0.2) is 14.5 Å². The molecule has 11 heteroatoms. The predicted molar refractivity (Wildman–Crippen MR) is 163 cm³/mol. The lowest BCUT2D eigenvalue weighted by Crippen LogP contribution is -2.83. The Bertz CT molecular complexity index is 1100. The Hall–Kier alpha value is -0.829. The third-order valence-corrected chi connectivity index (χ3v) is 31.2. The van der Waals surface area contributed by atoms with Crippen molar-refractivity contribution in [3.8, 4) is 0 Å². The number of aromatic amines is 1. The van der Waals surface area contributed by atoms with E-state index in [1.54, 1.807) is 0 Å². The third kappa shape index (κ3) is 5.16. The van der Waals surface area contributed by atoms with Gasteiger partial charge in [-0.3, -0.25) is 14.3 Å². The predicted octanol–water partition coefficient (Wildman–Crippen LogP) is 5.01. The lowest BCUT2D eigenvalue weighted by Gasteiger charge is -2.66. The fourth-order valence-corrected chi connectivity index (χ4v) is 22.8. The van der Waals surface area contributed by atoms with E-state index in [0.29, 0.717) is 0 Å². The van der Waals surface area contributed by atoms with Crippen LogP contribution in [0.3, 0.4) is 0 Å². The maximum absolute atomic E-state index is 12.7. The lowest BCUT2D eigenvalue weighted by molar-refractivity contribution is -0.0814. The Kier molecular flexibility index (Phi) is 8.71. The summed E-state index contributed by atoms with van der Waals surface area (Å²) in [5.41, 5.74) is -1.22. The van der Waals surface area contributed by atoms with Crippen LogP contribution in [-0.2, 0) is 9.16 Å². The van der Waals surface area contributed by atoms with Crippen LogP contribution < -0.4 is 11.2 Å². The molecule has 0 bridgehead atoms. The Morgan fingerprint density at radius 3 is 1.63 bits per heavy atom. The number of H-pyrrole nitrogens is 1. The Morgan fingerprint density at radius 1 is 0.816 bits per heavy atom. The molecule has 0 amide bonds. The average Bonchev–Trinajstić information content (AvgIpc) is 2.98. The molecule has 8 nitrogen and oxygen atoms in total. The van der Waals surface area contributed by atoms with E-state index in [1.165, 1.54) is 16.8 Å². The zero-order valence-electron chi connectivity index (χ0n) is 26.4. The third-order valence-electron chi connectivity index (χ3n) is 10.6. The molecule has 0 saturated carbocycles. The number of nitrogens with zero attached hydrogens (tertiary/aromatic N) is 1. The SMILES string of the molecule is CC(C)(C)[Si](C)(C)OC([C@H]1O[C@@H](n2ccc(=O)[nH]c2=O)[C@H](O)[C@@H]1O)([Si](C)(C)C(C)(C)C)[Si](C)(C)C(C)(C)C. The molecule has 2 heterocycles. The van der Waals surface area contributed by atoms with Crippen molar-refractivity contribution < 1.29 is 19.4 Å². The van der Waals surface area contributed by atoms with Crippen molar-refractivity contribution in [2.24, 2.45) is 0 Å². The minimum atomic E-state index is -2.57. The van der Waals surface area contributed by atoms with Crippen LogP contribution in [0.15, 0.2) is 21.9 Å². The van der Waals surface area contributed by atoms with E-state index in [1.807, 2.05) is 0 Å². The quantitative estimate of drug-likeness (QED) is 0.404. The van der Waals surface area contributed by atoms with Crippen molar-refractivity contribution in [2.75, 3.05) is 0 Å². The van der Waals surface area contributed by atoms with E-state index in [4.69, 9.17) is 9.16 Å². The maximum Gasteiger partial charge on any atom is 0.330 e. The molecule has 4 atom stereocenters. The van der Waals surface area contributed by atoms with Gasteiger partial charge in [-0.05, 0) is 28.2 Å². The van der Waals surface area contributed by atoms with Gasteiger partial charge in [0.2, 0.25) is 0 Å². The van der Waals surface area contributed by atoms with Crippen LogP contribution in [0.25, 0.3) is 0 Å². The summed E-state index contributed by atoms with van der Waals surface area (Å²) in [6.45, 7) is 33.9. The van der Waals surface area contributed by atoms with E-state index in [-0.39, 0.29) is 15.1 Å². The second kappa shape index (κ2) is 9.92. The van der Waals surface area contributed by atoms with Crippen LogP contribution in [0.5, 0.6) is 0 Å². The fraction of sp³-hybridized carbons (Fsp3) is 0.852. The van der Waals surface area contributed by atoms with Crippen LogP contribution in [-0.4, -0.2) is 67.4 Å². The number of aliphatic hydroxyl groups excluding tert-OH is 2. The normalized spacial score (nSPS) is 24.7. The first-order valence-corrected chi connectivity index (χ1v) is 22.6. The van der Waals surface area contributed by atoms with Crippen molar-refractivity contribution in [2.45, 2.75) is 146 Å². The van der Waals surface area contributed by atoms with Gasteiger partial charge in [-0.1, -0.05) is 88.5 Å². The second-order valence-electron chi connectivity index (χ2n) is 15.8. The molecule has 3 N–H and O–H groups in total. The first-order chi connectivity index (χ1) is 16.7. The van der Waals surface area contributed by atoms with Crippen molar-refractivity contribution in [1.29, 1.82) is 0 Å². The Balaban J connectivity index is 3.02. The molecule has 1 fully saturated rings. The van der Waals surface area contributed by atoms with Crippen molar-refractivity contribution in [1.82, 2.24) is 9.55 Å². The zero-order valence-corrected chi connectivity index (χ0v) is 29.4. The number of aliphatic hydroxyl groups is 2. The van der Waals surface area contributed by atoms with Gasteiger partial charge in [-0.2, -0.15) is 0 Å². The van der Waals surface area contributed by atoms with Gasteiger partial charge in [-0.15, -0.1) is 0 Å². The highest BCUT2D eigenvalue weighted by Gasteiger charge is 2.73. The first-order valence-electron chi connectivity index (χ1n) is 13.7. The molecule has 1 saturated heterocycles. The van der Waals surface area contributed by atoms with Crippen molar-refractivity contribution in [3.63, 3.8) is 0 Å². The summed E-state index contributed by atoms with van der Waals surface area (Å²) in [7, 11) is -7.63. The molecule has 2 rings (SSSR count). The molecule has 0 unspecified atom stereocenters. The maximum atomic E-state index is 12.7. The molecule has 1 aromatic rings. The van der Waals surface area contributed by atoms with Crippen molar-refractivity contribution in [3.05, 3.63) is 33.1 Å². The molecule has 0 radical (unpaired) electrons. The van der Waals surface area contributed by atoms with Crippen LogP contribution in [0.1, 0.15) is 68.5 Å². The minimum absolute atomic E-state index is 0.111. The molecule has 0 aromatic carbocycles. The first kappa shape index (κ1) is 33.4. The van der Waals surface area contributed by atoms with Gasteiger partial charge in [0, 0.05) is 12.3 Å². The van der Waals surface area contributed by atoms with E-state index >= 15 is 0 Å². The van der Waals surface area contributed by atoms with E-state index in [9.17, 15) is 19.8 Å². The van der Waals surface area contributed by atoms with Gasteiger partial charge < -0.3 is 19.4 Å². The van der Waals surface area contributed by atoms with Crippen LogP contribution in [0.2, 0.25) is 54.4 Å². The largest absolute Gasteiger partial charge is 0.414 e. The summed E-state index contributed by atoms with van der Waals surface area (Å²) in [6, 6.07) is 1.22. The number of hydrogen-bond acceptors (Lipinski definition) is 6. The smallest absolute Gasteiger partial charge is 0.330 e. The van der Waals surface area contributed by atoms with E-state index in [0.717, 1.165) is 0 Å². The number of aromatic nitrogens is 2. The highest BCUT2D eigenvalue weighted by Crippen LogP contribution is 2.60. The Labute approximate surface area is 232 Å². The van der Waals surface area contributed by atoms with Gasteiger partial charge in [0.1, 0.15) is 18.3 Å². The summed E-state index contributed by atoms with van der Waals surface area (Å²) < 4.78 is 15.6. The average molecular weight is 587 g/mol. The monoisotopic (exact) mass is 586 g/mol. The lowest BCUT2D eigenvalue weighted by atomic mass is 10.1. The summed E-state index contributed by atoms with van der Waals surface area (Å²) in [6.07, 6.45) is -3.36. The summed E-state index contributed by atoms with van der Waals surface area (Å²) in [4.78, 5) is 25.9. The number of rotatable bonds is 6. The summed E-state index contributed by atoms with van der Waals surface area (Å²) in [5.74, 6) is 0. The summed E-state index contributed by atoms with van der Waals surface area (Å²) >= 11 is 0. The molecular formula is C27H54N2O6Si3. The van der Waals surface area contributed by atoms with Gasteiger partial charge in [-0.25, -0.2) is 4.79 Å². The number of ether oxygens (including phenoxy) is 1. The van der Waals surface area contributed by atoms with Gasteiger partial charge >= 0.3 is 5.69 Å². The molecule has 1 aliphatic heterocycles. The standard InChI is InChI=1S/C27H54N2O6Si3/c1-24(2,3)36(10,11)27(37(12,13)25(4,5)6,35-38(14,15)26(7,8)9)21-19(31)20(32)22(34-21)29-17-16-18(30)28-23(29)33/h16-17,19-22,31-32H,1-15H3,(H,28,30,33)/t19-,20+,21-,22+/m0/s1. The van der Waals surface area contributed by atoms with Crippen molar-refractivity contribution >= 4 is 24.5 Å². The van der Waals surface area contributed by atoms with Gasteiger partial charge in [0.05, 0.1) is 21.0 Å². The molecule has 0 spiro atoms. The molecule has 0 aliphatic carbocycles.